The first-order chi connectivity index (χ1) is 17.3. The van der Waals surface area contributed by atoms with E-state index in [2.05, 4.69) is 5.32 Å². The fraction of sp³-hybridized carbons (Fsp3) is 0.444. The highest BCUT2D eigenvalue weighted by atomic mass is 35.5. The number of esters is 1. The minimum atomic E-state index is -1.22. The van der Waals surface area contributed by atoms with Gasteiger partial charge in [0.05, 0.1) is 30.8 Å². The predicted octanol–water partition coefficient (Wildman–Crippen LogP) is 3.34. The van der Waals surface area contributed by atoms with Crippen molar-refractivity contribution >= 4 is 35.1 Å². The number of nitrogens with one attached hydrogen (secondary N) is 1. The molecule has 2 amide bonds. The summed E-state index contributed by atoms with van der Waals surface area (Å²) in [6, 6.07) is 13.9. The Morgan fingerprint density at radius 2 is 1.89 bits per heavy atom. The summed E-state index contributed by atoms with van der Waals surface area (Å²) in [5, 5.41) is 13.9. The summed E-state index contributed by atoms with van der Waals surface area (Å²) in [6.07, 6.45) is 0.936. The number of hydrogen-bond acceptors (Lipinski definition) is 6. The molecule has 2 bridgehead atoms. The summed E-state index contributed by atoms with van der Waals surface area (Å²) < 4.78 is 11.9. The molecule has 0 aromatic heterocycles. The third-order valence-corrected chi connectivity index (χ3v) is 8.06. The van der Waals surface area contributed by atoms with Gasteiger partial charge in [0.25, 0.3) is 0 Å². The number of amides is 2. The number of nitrogens with zero attached hydrogens (tertiary/aromatic N) is 1. The molecule has 5 rings (SSSR count). The average Bonchev–Trinajstić information content (AvgIpc) is 3.43. The molecule has 0 aliphatic carbocycles. The third-order valence-electron chi connectivity index (χ3n) is 7.81. The van der Waals surface area contributed by atoms with Crippen molar-refractivity contribution in [3.8, 4) is 0 Å². The molecule has 2 aromatic carbocycles. The number of aliphatic hydroxyl groups excluding tert-OH is 1. The summed E-state index contributed by atoms with van der Waals surface area (Å²) in [5.41, 5.74) is -0.943. The molecule has 3 aliphatic heterocycles. The second-order valence-corrected chi connectivity index (χ2v) is 10.3. The monoisotopic (exact) mass is 512 g/mol. The van der Waals surface area contributed by atoms with Gasteiger partial charge in [0.2, 0.25) is 11.8 Å². The first-order valence-corrected chi connectivity index (χ1v) is 12.5. The third kappa shape index (κ3) is 3.70. The number of hydrogen-bond donors (Lipinski definition) is 2. The number of halogens is 1. The normalized spacial score (nSPS) is 31.3. The molecule has 190 valence electrons. The van der Waals surface area contributed by atoms with E-state index in [1.807, 2.05) is 25.1 Å². The number of likely N-dealkylation sites (tertiary alicyclic amines) is 1. The minimum Gasteiger partial charge on any atom is -0.466 e. The molecule has 3 saturated heterocycles. The molecule has 1 spiro atoms. The van der Waals surface area contributed by atoms with Gasteiger partial charge in [0.15, 0.2) is 0 Å². The molecule has 3 aliphatic rings. The largest absolute Gasteiger partial charge is 0.466 e. The van der Waals surface area contributed by atoms with Crippen molar-refractivity contribution in [3.63, 3.8) is 0 Å². The Bertz CT molecular complexity index is 1170. The Balaban J connectivity index is 1.60. The maximum Gasteiger partial charge on any atom is 0.312 e. The van der Waals surface area contributed by atoms with Gasteiger partial charge in [-0.3, -0.25) is 14.4 Å². The summed E-state index contributed by atoms with van der Waals surface area (Å²) >= 11 is 6.00. The van der Waals surface area contributed by atoms with Crippen LogP contribution in [0, 0.1) is 11.8 Å². The van der Waals surface area contributed by atoms with Crippen molar-refractivity contribution in [2.45, 2.75) is 50.0 Å². The number of carbonyl (C=O) groups excluding carboxylic acids is 3. The number of rotatable bonds is 7. The SMILES string of the molecule is CCOC(=O)[C@H]1[C@H]2C(=O)N([C@H](CO)c3ccccc3)C(C(=O)Nc3ccc(Cl)cc3)C23CC[C@]1(C)O3. The number of anilines is 1. The number of aliphatic hydroxyl groups is 1. The molecule has 0 radical (unpaired) electrons. The van der Waals surface area contributed by atoms with Gasteiger partial charge in [0.1, 0.15) is 17.6 Å². The molecule has 2 N–H and O–H groups in total. The lowest BCUT2D eigenvalue weighted by molar-refractivity contribution is -0.160. The standard InChI is InChI=1S/C27H29ClN2O6/c1-3-35-25(34)21-20-24(33)30(19(15-31)16-7-5-4-6-8-16)22(27(20)14-13-26(21,2)36-27)23(32)29-18-11-9-17(28)10-12-18/h4-12,19-22,31H,3,13-15H2,1-2H3,(H,29,32)/t19-,20+,21-,22?,26+,27?/m1/s1. The summed E-state index contributed by atoms with van der Waals surface area (Å²) in [7, 11) is 0. The Hall–Kier alpha value is -2.94. The molecular formula is C27H29ClN2O6. The summed E-state index contributed by atoms with van der Waals surface area (Å²) in [6.45, 7) is 3.30. The van der Waals surface area contributed by atoms with E-state index in [4.69, 9.17) is 21.1 Å². The summed E-state index contributed by atoms with van der Waals surface area (Å²) in [4.78, 5) is 42.6. The van der Waals surface area contributed by atoms with Crippen LogP contribution in [0.4, 0.5) is 5.69 Å². The smallest absolute Gasteiger partial charge is 0.312 e. The highest BCUT2D eigenvalue weighted by molar-refractivity contribution is 6.30. The van der Waals surface area contributed by atoms with Crippen LogP contribution in [0.3, 0.4) is 0 Å². The number of fused-ring (bicyclic) bond motifs is 1. The molecular weight excluding hydrogens is 484 g/mol. The maximum atomic E-state index is 14.1. The van der Waals surface area contributed by atoms with Gasteiger partial charge in [-0.15, -0.1) is 0 Å². The van der Waals surface area contributed by atoms with Crippen LogP contribution in [0.2, 0.25) is 5.02 Å². The van der Waals surface area contributed by atoms with E-state index < -0.39 is 59.5 Å². The van der Waals surface area contributed by atoms with Crippen LogP contribution in [0.1, 0.15) is 38.3 Å². The molecule has 8 nitrogen and oxygen atoms in total. The number of ether oxygens (including phenoxy) is 2. The first-order valence-electron chi connectivity index (χ1n) is 12.2. The molecule has 2 aromatic rings. The van der Waals surface area contributed by atoms with Crippen LogP contribution >= 0.6 is 11.6 Å². The van der Waals surface area contributed by atoms with Gasteiger partial charge in [0, 0.05) is 10.7 Å². The average molecular weight is 513 g/mol. The van der Waals surface area contributed by atoms with Crippen LogP contribution < -0.4 is 5.32 Å². The minimum absolute atomic E-state index is 0.173. The predicted molar refractivity (Wildman–Crippen MR) is 132 cm³/mol. The van der Waals surface area contributed by atoms with Crippen LogP contribution in [-0.2, 0) is 23.9 Å². The Morgan fingerprint density at radius 3 is 2.53 bits per heavy atom. The Labute approximate surface area is 214 Å². The number of benzene rings is 2. The van der Waals surface area contributed by atoms with Gasteiger partial charge in [-0.1, -0.05) is 41.9 Å². The van der Waals surface area contributed by atoms with Gasteiger partial charge in [-0.2, -0.15) is 0 Å². The highest BCUT2D eigenvalue weighted by Crippen LogP contribution is 2.64. The zero-order valence-electron chi connectivity index (χ0n) is 20.1. The van der Waals surface area contributed by atoms with E-state index in [0.717, 1.165) is 0 Å². The Morgan fingerprint density at radius 1 is 1.19 bits per heavy atom. The second kappa shape index (κ2) is 9.18. The lowest BCUT2D eigenvalue weighted by Crippen LogP contribution is -2.54. The fourth-order valence-electron chi connectivity index (χ4n) is 6.36. The van der Waals surface area contributed by atoms with Gasteiger partial charge >= 0.3 is 5.97 Å². The summed E-state index contributed by atoms with van der Waals surface area (Å²) in [5.74, 6) is -3.08. The number of carbonyl (C=O) groups is 3. The highest BCUT2D eigenvalue weighted by Gasteiger charge is 2.78. The van der Waals surface area contributed by atoms with Crippen molar-refractivity contribution in [2.24, 2.45) is 11.8 Å². The van der Waals surface area contributed by atoms with Crippen molar-refractivity contribution < 1.29 is 29.0 Å². The van der Waals surface area contributed by atoms with E-state index in [0.29, 0.717) is 29.1 Å². The molecule has 6 atom stereocenters. The Kier molecular flexibility index (Phi) is 6.31. The van der Waals surface area contributed by atoms with E-state index in [-0.39, 0.29) is 6.61 Å². The molecule has 36 heavy (non-hydrogen) atoms. The van der Waals surface area contributed by atoms with E-state index in [9.17, 15) is 19.5 Å². The first kappa shape index (κ1) is 24.7. The quantitative estimate of drug-likeness (QED) is 0.551. The van der Waals surface area contributed by atoms with Gasteiger partial charge < -0.3 is 24.8 Å². The maximum absolute atomic E-state index is 14.1. The van der Waals surface area contributed by atoms with Crippen molar-refractivity contribution in [1.82, 2.24) is 4.90 Å². The van der Waals surface area contributed by atoms with Gasteiger partial charge in [-0.05, 0) is 56.5 Å². The van der Waals surface area contributed by atoms with E-state index >= 15 is 0 Å². The van der Waals surface area contributed by atoms with Crippen molar-refractivity contribution in [3.05, 3.63) is 65.2 Å². The fourth-order valence-corrected chi connectivity index (χ4v) is 6.49. The lowest BCUT2D eigenvalue weighted by Gasteiger charge is -2.37. The van der Waals surface area contributed by atoms with Crippen LogP contribution in [0.15, 0.2) is 54.6 Å². The van der Waals surface area contributed by atoms with Crippen LogP contribution in [0.25, 0.3) is 0 Å². The molecule has 3 heterocycles. The zero-order valence-corrected chi connectivity index (χ0v) is 20.9. The van der Waals surface area contributed by atoms with E-state index in [1.165, 1.54) is 4.90 Å². The van der Waals surface area contributed by atoms with Crippen molar-refractivity contribution in [1.29, 1.82) is 0 Å². The molecule has 3 fully saturated rings. The molecule has 0 saturated carbocycles. The molecule has 9 heteroatoms. The zero-order chi connectivity index (χ0) is 25.7. The van der Waals surface area contributed by atoms with Crippen molar-refractivity contribution in [2.75, 3.05) is 18.5 Å². The topological polar surface area (TPSA) is 105 Å². The van der Waals surface area contributed by atoms with E-state index in [1.54, 1.807) is 43.3 Å². The van der Waals surface area contributed by atoms with Gasteiger partial charge in [-0.25, -0.2) is 0 Å². The van der Waals surface area contributed by atoms with Crippen LogP contribution in [-0.4, -0.2) is 58.2 Å². The second-order valence-electron chi connectivity index (χ2n) is 9.83. The van der Waals surface area contributed by atoms with Crippen LogP contribution in [0.5, 0.6) is 0 Å². The molecule has 2 unspecified atom stereocenters. The lowest BCUT2D eigenvalue weighted by atomic mass is 9.66.